The van der Waals surface area contributed by atoms with Gasteiger partial charge in [-0.05, 0) is 86.3 Å². The third-order valence-electron chi connectivity index (χ3n) is 8.95. The molecule has 224 valence electrons. The van der Waals surface area contributed by atoms with Gasteiger partial charge >= 0.3 is 0 Å². The number of nitrogens with zero attached hydrogens (tertiary/aromatic N) is 1. The van der Waals surface area contributed by atoms with Gasteiger partial charge in [-0.1, -0.05) is 35.9 Å². The molecule has 0 aromatic heterocycles. The SMILES string of the molecule is C[C@H]1CNC[C@H](CCc2c(F)cccc2CC(=O)[C@@H](N)[C@@H](c2ccc(Cl)cc2)C2CCOCC2)N1S(=O)(=O)C1CC1. The van der Waals surface area contributed by atoms with Crippen LogP contribution in [0.2, 0.25) is 5.02 Å². The quantitative estimate of drug-likeness (QED) is 0.398. The molecule has 3 N–H and O–H groups in total. The maximum atomic E-state index is 15.2. The number of Topliss-reactive ketones (excluding diaryl/α,β-unsaturated/α-hetero) is 1. The van der Waals surface area contributed by atoms with Gasteiger partial charge in [-0.2, -0.15) is 4.31 Å². The number of carbonyl (C=O) groups is 1. The van der Waals surface area contributed by atoms with Crippen LogP contribution in [0.1, 0.15) is 61.6 Å². The molecule has 2 heterocycles. The summed E-state index contributed by atoms with van der Waals surface area (Å²) < 4.78 is 48.9. The van der Waals surface area contributed by atoms with E-state index in [0.717, 1.165) is 18.4 Å². The molecule has 1 saturated carbocycles. The summed E-state index contributed by atoms with van der Waals surface area (Å²) >= 11 is 6.14. The summed E-state index contributed by atoms with van der Waals surface area (Å²) in [6, 6.07) is 11.1. The van der Waals surface area contributed by atoms with E-state index in [9.17, 15) is 13.2 Å². The minimum Gasteiger partial charge on any atom is -0.381 e. The summed E-state index contributed by atoms with van der Waals surface area (Å²) in [7, 11) is -3.38. The molecule has 5 rings (SSSR count). The molecule has 0 spiro atoms. The number of rotatable bonds is 11. The van der Waals surface area contributed by atoms with E-state index in [1.165, 1.54) is 6.07 Å². The molecule has 0 amide bonds. The van der Waals surface area contributed by atoms with Crippen LogP contribution in [0.15, 0.2) is 42.5 Å². The number of hydrogen-bond acceptors (Lipinski definition) is 6. The van der Waals surface area contributed by atoms with E-state index in [-0.39, 0.29) is 47.2 Å². The number of sulfonamides is 1. The van der Waals surface area contributed by atoms with Crippen LogP contribution in [0.3, 0.4) is 0 Å². The minimum absolute atomic E-state index is 0.0188. The minimum atomic E-state index is -3.38. The Hall–Kier alpha value is -1.88. The number of nitrogens with one attached hydrogen (secondary N) is 1. The average Bonchev–Trinajstić information content (AvgIpc) is 3.81. The zero-order valence-corrected chi connectivity index (χ0v) is 25.2. The summed E-state index contributed by atoms with van der Waals surface area (Å²) in [6.45, 7) is 4.31. The molecular weight excluding hydrogens is 565 g/mol. The zero-order chi connectivity index (χ0) is 29.1. The number of halogens is 2. The second-order valence-corrected chi connectivity index (χ2v) is 14.4. The van der Waals surface area contributed by atoms with Crippen molar-refractivity contribution in [2.24, 2.45) is 11.7 Å². The number of piperazine rings is 1. The van der Waals surface area contributed by atoms with Crippen molar-refractivity contribution in [3.63, 3.8) is 0 Å². The van der Waals surface area contributed by atoms with E-state index in [0.29, 0.717) is 68.1 Å². The number of benzene rings is 2. The monoisotopic (exact) mass is 605 g/mol. The van der Waals surface area contributed by atoms with Crippen LogP contribution in [-0.4, -0.2) is 68.2 Å². The van der Waals surface area contributed by atoms with Crippen molar-refractivity contribution in [1.82, 2.24) is 9.62 Å². The molecule has 4 atom stereocenters. The van der Waals surface area contributed by atoms with Gasteiger partial charge in [-0.25, -0.2) is 12.8 Å². The van der Waals surface area contributed by atoms with Crippen LogP contribution in [0.5, 0.6) is 0 Å². The molecule has 3 fully saturated rings. The number of ketones is 1. The van der Waals surface area contributed by atoms with Gasteiger partial charge in [-0.3, -0.25) is 4.79 Å². The van der Waals surface area contributed by atoms with Gasteiger partial charge in [0.1, 0.15) is 5.82 Å². The lowest BCUT2D eigenvalue weighted by atomic mass is 9.75. The van der Waals surface area contributed by atoms with Crippen LogP contribution in [-0.2, 0) is 32.4 Å². The fraction of sp³-hybridized carbons (Fsp3) is 0.581. The first-order valence-electron chi connectivity index (χ1n) is 14.8. The third kappa shape index (κ3) is 7.03. The van der Waals surface area contributed by atoms with Gasteiger partial charge in [0.05, 0.1) is 11.3 Å². The van der Waals surface area contributed by atoms with Gasteiger partial charge in [-0.15, -0.1) is 0 Å². The molecule has 1 aliphatic carbocycles. The smallest absolute Gasteiger partial charge is 0.217 e. The molecule has 0 radical (unpaired) electrons. The molecule has 2 aliphatic heterocycles. The highest BCUT2D eigenvalue weighted by Crippen LogP contribution is 2.37. The fourth-order valence-electron chi connectivity index (χ4n) is 6.62. The lowest BCUT2D eigenvalue weighted by molar-refractivity contribution is -0.120. The first-order valence-corrected chi connectivity index (χ1v) is 16.7. The van der Waals surface area contributed by atoms with Gasteiger partial charge in [0.25, 0.3) is 0 Å². The number of ether oxygens (including phenoxy) is 1. The van der Waals surface area contributed by atoms with Crippen molar-refractivity contribution >= 4 is 27.4 Å². The van der Waals surface area contributed by atoms with E-state index in [2.05, 4.69) is 5.32 Å². The van der Waals surface area contributed by atoms with Crippen LogP contribution in [0.4, 0.5) is 4.39 Å². The van der Waals surface area contributed by atoms with Crippen molar-refractivity contribution in [1.29, 1.82) is 0 Å². The number of nitrogens with two attached hydrogens (primary N) is 1. The van der Waals surface area contributed by atoms with Gasteiger partial charge < -0.3 is 15.8 Å². The molecule has 2 aromatic rings. The first kappa shape index (κ1) is 30.6. The maximum Gasteiger partial charge on any atom is 0.217 e. The van der Waals surface area contributed by atoms with Gasteiger partial charge in [0.2, 0.25) is 10.0 Å². The highest BCUT2D eigenvalue weighted by molar-refractivity contribution is 7.90. The molecule has 41 heavy (non-hydrogen) atoms. The topological polar surface area (TPSA) is 102 Å². The molecule has 0 bridgehead atoms. The summed E-state index contributed by atoms with van der Waals surface area (Å²) in [5.74, 6) is -0.530. The summed E-state index contributed by atoms with van der Waals surface area (Å²) in [4.78, 5) is 13.7. The van der Waals surface area contributed by atoms with Crippen molar-refractivity contribution in [3.8, 4) is 0 Å². The predicted octanol–water partition coefficient (Wildman–Crippen LogP) is 4.22. The largest absolute Gasteiger partial charge is 0.381 e. The highest BCUT2D eigenvalue weighted by atomic mass is 35.5. The Morgan fingerprint density at radius 1 is 1.12 bits per heavy atom. The highest BCUT2D eigenvalue weighted by Gasteiger charge is 2.45. The van der Waals surface area contributed by atoms with Crippen molar-refractivity contribution in [3.05, 3.63) is 70.0 Å². The second-order valence-electron chi connectivity index (χ2n) is 11.8. The maximum absolute atomic E-state index is 15.2. The summed E-state index contributed by atoms with van der Waals surface area (Å²) in [5.41, 5.74) is 8.75. The van der Waals surface area contributed by atoms with Gasteiger partial charge in [0, 0.05) is 55.7 Å². The van der Waals surface area contributed by atoms with E-state index in [4.69, 9.17) is 22.1 Å². The molecule has 7 nitrogen and oxygen atoms in total. The second kappa shape index (κ2) is 13.2. The Labute approximate surface area is 248 Å². The van der Waals surface area contributed by atoms with Gasteiger partial charge in [0.15, 0.2) is 5.78 Å². The Kier molecular flexibility index (Phi) is 9.83. The Balaban J connectivity index is 1.33. The Morgan fingerprint density at radius 3 is 2.51 bits per heavy atom. The molecule has 0 unspecified atom stereocenters. The van der Waals surface area contributed by atoms with Crippen LogP contribution in [0.25, 0.3) is 0 Å². The third-order valence-corrected chi connectivity index (χ3v) is 11.8. The average molecular weight is 606 g/mol. The first-order chi connectivity index (χ1) is 19.7. The summed E-state index contributed by atoms with van der Waals surface area (Å²) in [5, 5.41) is 3.66. The molecule has 2 saturated heterocycles. The van der Waals surface area contributed by atoms with E-state index < -0.39 is 16.1 Å². The molecule has 10 heteroatoms. The van der Waals surface area contributed by atoms with Crippen LogP contribution in [0, 0.1) is 11.7 Å². The number of carbonyl (C=O) groups excluding carboxylic acids is 1. The van der Waals surface area contributed by atoms with Crippen molar-refractivity contribution in [2.75, 3.05) is 26.3 Å². The van der Waals surface area contributed by atoms with E-state index in [1.807, 2.05) is 31.2 Å². The lowest BCUT2D eigenvalue weighted by Crippen LogP contribution is -2.59. The summed E-state index contributed by atoms with van der Waals surface area (Å²) in [6.07, 6.45) is 3.85. The fourth-order valence-corrected chi connectivity index (χ4v) is 9.00. The predicted molar refractivity (Wildman–Crippen MR) is 159 cm³/mol. The Morgan fingerprint density at radius 2 is 1.83 bits per heavy atom. The van der Waals surface area contributed by atoms with E-state index in [1.54, 1.807) is 16.4 Å². The Bertz CT molecular complexity index is 1320. The number of hydrogen-bond donors (Lipinski definition) is 2. The standard InChI is InChI=1S/C31H41ClFN3O4S/c1-20-18-35-19-25(36(20)41(38,39)26-10-11-26)9-12-27-23(3-2-4-28(27)33)17-29(37)31(34)30(22-13-15-40-16-14-22)21-5-7-24(32)8-6-21/h2-8,20,22,25-26,30-31,35H,9-19,34H2,1H3/t20-,25-,30-,31+/m0/s1. The van der Waals surface area contributed by atoms with E-state index >= 15 is 4.39 Å². The normalized spacial score (nSPS) is 24.2. The van der Waals surface area contributed by atoms with Crippen LogP contribution >= 0.6 is 11.6 Å². The molecular formula is C31H41ClFN3O4S. The molecule has 2 aromatic carbocycles. The van der Waals surface area contributed by atoms with Crippen molar-refractivity contribution < 1.29 is 22.3 Å². The lowest BCUT2D eigenvalue weighted by Gasteiger charge is -2.40. The van der Waals surface area contributed by atoms with Crippen LogP contribution < -0.4 is 11.1 Å². The zero-order valence-electron chi connectivity index (χ0n) is 23.6. The van der Waals surface area contributed by atoms with Crippen molar-refractivity contribution in [2.45, 2.75) is 81.2 Å². The molecule has 3 aliphatic rings.